The lowest BCUT2D eigenvalue weighted by atomic mass is 9.99. The van der Waals surface area contributed by atoms with Crippen LogP contribution in [0.4, 0.5) is 8.78 Å². The third-order valence-electron chi connectivity index (χ3n) is 7.20. The molecule has 0 amide bonds. The van der Waals surface area contributed by atoms with Gasteiger partial charge in [0, 0.05) is 55.4 Å². The summed E-state index contributed by atoms with van der Waals surface area (Å²) in [4.78, 5) is 2.45. The Kier molecular flexibility index (Phi) is 4.82. The van der Waals surface area contributed by atoms with Gasteiger partial charge in [0.15, 0.2) is 0 Å². The molecule has 0 bridgehead atoms. The van der Waals surface area contributed by atoms with E-state index in [2.05, 4.69) is 11.0 Å². The topological polar surface area (TPSA) is 65.1 Å². The van der Waals surface area contributed by atoms with Crippen molar-refractivity contribution in [2.24, 2.45) is 5.92 Å². The van der Waals surface area contributed by atoms with Crippen molar-refractivity contribution < 1.29 is 13.9 Å². The summed E-state index contributed by atoms with van der Waals surface area (Å²) in [6.45, 7) is 2.69. The van der Waals surface area contributed by atoms with E-state index in [9.17, 15) is 19.1 Å². The molecule has 1 aliphatic heterocycles. The van der Waals surface area contributed by atoms with E-state index in [0.29, 0.717) is 16.7 Å². The van der Waals surface area contributed by atoms with Gasteiger partial charge in [0.1, 0.15) is 17.7 Å². The van der Waals surface area contributed by atoms with Gasteiger partial charge in [-0.25, -0.2) is 8.78 Å². The summed E-state index contributed by atoms with van der Waals surface area (Å²) < 4.78 is 30.4. The minimum absolute atomic E-state index is 0.133. The number of hydrogen-bond donors (Lipinski definition) is 1. The lowest BCUT2D eigenvalue weighted by Crippen LogP contribution is -2.34. The van der Waals surface area contributed by atoms with E-state index in [0.717, 1.165) is 60.6 Å². The molecule has 2 atom stereocenters. The molecule has 6 rings (SSSR count). The number of aliphatic hydroxyl groups excluding tert-OH is 1. The second-order valence-corrected chi connectivity index (χ2v) is 9.51. The second-order valence-electron chi connectivity index (χ2n) is 9.51. The summed E-state index contributed by atoms with van der Waals surface area (Å²) in [6, 6.07) is 11.1. The zero-order valence-electron chi connectivity index (χ0n) is 18.1. The van der Waals surface area contributed by atoms with Crippen LogP contribution in [0.5, 0.6) is 0 Å². The summed E-state index contributed by atoms with van der Waals surface area (Å²) in [5, 5.41) is 25.2. The average molecular weight is 447 g/mol. The smallest absolute Gasteiger partial charge is 0.129 e. The Bertz CT molecular complexity index is 1290. The van der Waals surface area contributed by atoms with Gasteiger partial charge in [0.25, 0.3) is 0 Å². The number of aliphatic hydroxyl groups is 1. The Morgan fingerprint density at radius 3 is 2.79 bits per heavy atom. The molecule has 2 aromatic carbocycles. The summed E-state index contributed by atoms with van der Waals surface area (Å²) in [6.07, 6.45) is 2.56. The highest BCUT2D eigenvalue weighted by Crippen LogP contribution is 2.41. The Balaban J connectivity index is 1.49. The standard InChI is InChI=1S/C26H24F2N4O/c27-18-9-20-19(22(28)10-18)11-24(33)26(20)32-23-6-7-31(13-15-4-5-15)14-21(23)25(30-32)17-3-1-2-16(8-17)12-29/h1-3,8-10,15,24,26,33H,4-7,11,13-14H2/t24-,26-/m1/s1. The van der Waals surface area contributed by atoms with E-state index in [1.165, 1.54) is 18.9 Å². The van der Waals surface area contributed by atoms with Gasteiger partial charge in [0.2, 0.25) is 0 Å². The van der Waals surface area contributed by atoms with Gasteiger partial charge >= 0.3 is 0 Å². The van der Waals surface area contributed by atoms with Gasteiger partial charge in [-0.15, -0.1) is 0 Å². The monoisotopic (exact) mass is 446 g/mol. The molecular weight excluding hydrogens is 422 g/mol. The van der Waals surface area contributed by atoms with E-state index in [4.69, 9.17) is 5.10 Å². The second kappa shape index (κ2) is 7.75. The minimum atomic E-state index is -0.886. The molecule has 2 heterocycles. The Labute approximate surface area is 190 Å². The number of aromatic nitrogens is 2. The minimum Gasteiger partial charge on any atom is -0.390 e. The van der Waals surface area contributed by atoms with Crippen LogP contribution in [0.15, 0.2) is 36.4 Å². The molecule has 0 radical (unpaired) electrons. The fraction of sp³-hybridized carbons (Fsp3) is 0.385. The fourth-order valence-electron chi connectivity index (χ4n) is 5.45. The summed E-state index contributed by atoms with van der Waals surface area (Å²) in [5.41, 5.74) is 5.07. The van der Waals surface area contributed by atoms with Crippen molar-refractivity contribution in [1.29, 1.82) is 5.26 Å². The number of benzene rings is 2. The van der Waals surface area contributed by atoms with Crippen molar-refractivity contribution in [3.05, 3.63) is 76.0 Å². The fourth-order valence-corrected chi connectivity index (χ4v) is 5.45. The maximum absolute atomic E-state index is 14.5. The van der Waals surface area contributed by atoms with Crippen LogP contribution in [0.1, 0.15) is 46.8 Å². The number of fused-ring (bicyclic) bond motifs is 2. The SMILES string of the molecule is N#Cc1cccc(-c2nn([C@@H]3c4cc(F)cc(F)c4C[C@H]3O)c3c2CN(CC2CC2)CC3)c1. The molecule has 0 unspecified atom stereocenters. The van der Waals surface area contributed by atoms with Crippen LogP contribution in [0.3, 0.4) is 0 Å². The van der Waals surface area contributed by atoms with E-state index < -0.39 is 23.8 Å². The van der Waals surface area contributed by atoms with Gasteiger partial charge in [-0.05, 0) is 48.1 Å². The Morgan fingerprint density at radius 1 is 1.15 bits per heavy atom. The molecule has 0 saturated heterocycles. The lowest BCUT2D eigenvalue weighted by molar-refractivity contribution is 0.135. The van der Waals surface area contributed by atoms with E-state index in [1.54, 1.807) is 10.7 Å². The normalized spacial score (nSPS) is 22.1. The van der Waals surface area contributed by atoms with E-state index in [1.807, 2.05) is 18.2 Å². The number of halogens is 2. The molecule has 7 heteroatoms. The van der Waals surface area contributed by atoms with Gasteiger partial charge in [0.05, 0.1) is 23.4 Å². The molecule has 1 N–H and O–H groups in total. The van der Waals surface area contributed by atoms with Crippen molar-refractivity contribution in [2.75, 3.05) is 13.1 Å². The maximum atomic E-state index is 14.5. The molecule has 3 aliphatic rings. The molecular formula is C26H24F2N4O. The first-order valence-corrected chi connectivity index (χ1v) is 11.5. The molecule has 1 aromatic heterocycles. The summed E-state index contributed by atoms with van der Waals surface area (Å²) >= 11 is 0. The van der Waals surface area contributed by atoms with Gasteiger partial charge in [-0.2, -0.15) is 10.4 Å². The predicted molar refractivity (Wildman–Crippen MR) is 118 cm³/mol. The van der Waals surface area contributed by atoms with Gasteiger partial charge < -0.3 is 5.11 Å². The molecule has 1 fully saturated rings. The average Bonchev–Trinajstić information content (AvgIpc) is 3.45. The van der Waals surface area contributed by atoms with Crippen LogP contribution < -0.4 is 0 Å². The number of nitrogens with zero attached hydrogens (tertiary/aromatic N) is 4. The highest BCUT2D eigenvalue weighted by atomic mass is 19.1. The molecule has 1 saturated carbocycles. The molecule has 0 spiro atoms. The predicted octanol–water partition coefficient (Wildman–Crippen LogP) is 3.97. The van der Waals surface area contributed by atoms with Crippen LogP contribution in [-0.2, 0) is 19.4 Å². The number of nitriles is 1. The lowest BCUT2D eigenvalue weighted by Gasteiger charge is -2.29. The third kappa shape index (κ3) is 3.54. The molecule has 5 nitrogen and oxygen atoms in total. The van der Waals surface area contributed by atoms with Crippen LogP contribution in [0.25, 0.3) is 11.3 Å². The van der Waals surface area contributed by atoms with E-state index >= 15 is 0 Å². The number of rotatable bonds is 4. The van der Waals surface area contributed by atoms with Crippen molar-refractivity contribution in [2.45, 2.75) is 44.4 Å². The largest absolute Gasteiger partial charge is 0.390 e. The first-order chi connectivity index (χ1) is 16.0. The van der Waals surface area contributed by atoms with Crippen molar-refractivity contribution >= 4 is 0 Å². The van der Waals surface area contributed by atoms with Gasteiger partial charge in [-0.3, -0.25) is 9.58 Å². The van der Waals surface area contributed by atoms with Crippen LogP contribution in [-0.4, -0.2) is 39.0 Å². The first kappa shape index (κ1) is 20.5. The zero-order valence-corrected chi connectivity index (χ0v) is 18.1. The highest BCUT2D eigenvalue weighted by Gasteiger charge is 2.39. The van der Waals surface area contributed by atoms with Crippen molar-refractivity contribution in [1.82, 2.24) is 14.7 Å². The van der Waals surface area contributed by atoms with Crippen molar-refractivity contribution in [3.8, 4) is 17.3 Å². The van der Waals surface area contributed by atoms with Crippen LogP contribution >= 0.6 is 0 Å². The summed E-state index contributed by atoms with van der Waals surface area (Å²) in [5.74, 6) is -0.504. The Hall–Kier alpha value is -3.08. The molecule has 168 valence electrons. The third-order valence-corrected chi connectivity index (χ3v) is 7.20. The van der Waals surface area contributed by atoms with E-state index in [-0.39, 0.29) is 6.42 Å². The maximum Gasteiger partial charge on any atom is 0.129 e. The van der Waals surface area contributed by atoms with Gasteiger partial charge in [-0.1, -0.05) is 12.1 Å². The first-order valence-electron chi connectivity index (χ1n) is 11.5. The molecule has 33 heavy (non-hydrogen) atoms. The molecule has 3 aromatic rings. The highest BCUT2D eigenvalue weighted by molar-refractivity contribution is 5.66. The quantitative estimate of drug-likeness (QED) is 0.659. The molecule has 2 aliphatic carbocycles. The number of hydrogen-bond acceptors (Lipinski definition) is 4. The van der Waals surface area contributed by atoms with Crippen LogP contribution in [0.2, 0.25) is 0 Å². The van der Waals surface area contributed by atoms with Crippen molar-refractivity contribution in [3.63, 3.8) is 0 Å². The zero-order chi connectivity index (χ0) is 22.7. The van der Waals surface area contributed by atoms with Crippen LogP contribution in [0, 0.1) is 28.9 Å². The Morgan fingerprint density at radius 2 is 2.00 bits per heavy atom. The summed E-state index contributed by atoms with van der Waals surface area (Å²) in [7, 11) is 0.